The van der Waals surface area contributed by atoms with Gasteiger partial charge in [-0.2, -0.15) is 0 Å². The fourth-order valence-corrected chi connectivity index (χ4v) is 2.38. The average molecular weight is 186 g/mol. The summed E-state index contributed by atoms with van der Waals surface area (Å²) >= 11 is 0. The minimum absolute atomic E-state index is 0.00940. The quantitative estimate of drug-likeness (QED) is 0.614. The number of methoxy groups -OCH3 is 1. The Hall–Kier alpha value is -0.450. The maximum absolute atomic E-state index is 10.7. The molecule has 2 aliphatic rings. The predicted octanol–water partition coefficient (Wildman–Crippen LogP) is -0.0563. The van der Waals surface area contributed by atoms with Crippen LogP contribution in [0.25, 0.3) is 0 Å². The highest BCUT2D eigenvalue weighted by Crippen LogP contribution is 2.42. The van der Waals surface area contributed by atoms with Gasteiger partial charge in [0.1, 0.15) is 6.29 Å². The van der Waals surface area contributed by atoms with E-state index in [1.807, 2.05) is 0 Å². The van der Waals surface area contributed by atoms with E-state index in [0.717, 1.165) is 12.7 Å². The number of aliphatic hydroxyl groups excluding tert-OH is 1. The van der Waals surface area contributed by atoms with Gasteiger partial charge in [-0.25, -0.2) is 0 Å². The van der Waals surface area contributed by atoms with Crippen molar-refractivity contribution in [3.05, 3.63) is 0 Å². The minimum atomic E-state index is -0.523. The molecule has 1 saturated heterocycles. The molecule has 1 N–H and O–H groups in total. The summed E-state index contributed by atoms with van der Waals surface area (Å²) in [5, 5.41) is 9.50. The van der Waals surface area contributed by atoms with E-state index in [4.69, 9.17) is 9.47 Å². The lowest BCUT2D eigenvalue weighted by atomic mass is 9.93. The topological polar surface area (TPSA) is 55.8 Å². The van der Waals surface area contributed by atoms with Crippen molar-refractivity contribution in [1.82, 2.24) is 0 Å². The van der Waals surface area contributed by atoms with E-state index in [9.17, 15) is 9.90 Å². The van der Waals surface area contributed by atoms with E-state index in [1.54, 1.807) is 7.11 Å². The molecular weight excluding hydrogens is 172 g/mol. The number of carbonyl (C=O) groups is 1. The van der Waals surface area contributed by atoms with Gasteiger partial charge in [0.15, 0.2) is 6.29 Å². The molecule has 0 unspecified atom stereocenters. The summed E-state index contributed by atoms with van der Waals surface area (Å²) < 4.78 is 10.6. The highest BCUT2D eigenvalue weighted by atomic mass is 16.7. The van der Waals surface area contributed by atoms with Gasteiger partial charge in [-0.15, -0.1) is 0 Å². The van der Waals surface area contributed by atoms with Crippen LogP contribution in [0.2, 0.25) is 0 Å². The Morgan fingerprint density at radius 3 is 2.92 bits per heavy atom. The third-order valence-electron chi connectivity index (χ3n) is 3.10. The van der Waals surface area contributed by atoms with Crippen LogP contribution in [0, 0.1) is 11.8 Å². The summed E-state index contributed by atoms with van der Waals surface area (Å²) in [6.07, 6.45) is 1.43. The fourth-order valence-electron chi connectivity index (χ4n) is 2.38. The first-order chi connectivity index (χ1) is 6.26. The molecule has 1 saturated carbocycles. The number of ether oxygens (including phenoxy) is 2. The van der Waals surface area contributed by atoms with Gasteiger partial charge in [-0.05, 0) is 0 Å². The van der Waals surface area contributed by atoms with Crippen LogP contribution in [0.3, 0.4) is 0 Å². The number of carbonyl (C=O) groups excluding carboxylic acids is 1. The fraction of sp³-hybridized carbons (Fsp3) is 0.889. The van der Waals surface area contributed by atoms with Gasteiger partial charge in [-0.3, -0.25) is 0 Å². The van der Waals surface area contributed by atoms with E-state index in [-0.39, 0.29) is 24.2 Å². The van der Waals surface area contributed by atoms with Crippen LogP contribution >= 0.6 is 0 Å². The Balaban J connectivity index is 2.06. The number of aliphatic hydroxyl groups is 1. The van der Waals surface area contributed by atoms with Crippen LogP contribution in [0.4, 0.5) is 0 Å². The van der Waals surface area contributed by atoms with Gasteiger partial charge in [0.2, 0.25) is 0 Å². The molecule has 1 heterocycles. The highest BCUT2D eigenvalue weighted by Gasteiger charge is 2.49. The van der Waals surface area contributed by atoms with E-state index in [0.29, 0.717) is 6.42 Å². The number of rotatable bonds is 2. The third kappa shape index (κ3) is 1.39. The van der Waals surface area contributed by atoms with E-state index < -0.39 is 6.10 Å². The van der Waals surface area contributed by atoms with Crippen LogP contribution in [0.1, 0.15) is 12.8 Å². The van der Waals surface area contributed by atoms with Crippen molar-refractivity contribution >= 4 is 6.29 Å². The summed E-state index contributed by atoms with van der Waals surface area (Å²) in [6, 6.07) is 0. The lowest BCUT2D eigenvalue weighted by molar-refractivity contribution is -0.119. The van der Waals surface area contributed by atoms with Gasteiger partial charge in [0.25, 0.3) is 0 Å². The molecule has 2 rings (SSSR count). The highest BCUT2D eigenvalue weighted by molar-refractivity contribution is 5.56. The maximum Gasteiger partial charge on any atom is 0.157 e. The molecule has 5 atom stereocenters. The largest absolute Gasteiger partial charge is 0.392 e. The monoisotopic (exact) mass is 186 g/mol. The average Bonchev–Trinajstić information content (AvgIpc) is 2.60. The van der Waals surface area contributed by atoms with Gasteiger partial charge < -0.3 is 19.4 Å². The Kier molecular flexibility index (Phi) is 2.36. The van der Waals surface area contributed by atoms with Crippen molar-refractivity contribution in [2.24, 2.45) is 11.8 Å². The van der Waals surface area contributed by atoms with Gasteiger partial charge in [0, 0.05) is 31.8 Å². The van der Waals surface area contributed by atoms with Crippen molar-refractivity contribution < 1.29 is 19.4 Å². The molecule has 0 radical (unpaired) electrons. The van der Waals surface area contributed by atoms with Gasteiger partial charge >= 0.3 is 0 Å². The van der Waals surface area contributed by atoms with Crippen LogP contribution in [-0.2, 0) is 14.3 Å². The lowest BCUT2D eigenvalue weighted by Crippen LogP contribution is -2.22. The SMILES string of the molecule is CO[C@@H]1C[C@H]2[C@@H](C=O)[C@@H](O)C[C@H]2O1. The first-order valence-electron chi connectivity index (χ1n) is 4.58. The molecule has 74 valence electrons. The number of hydrogen-bond acceptors (Lipinski definition) is 4. The van der Waals surface area contributed by atoms with E-state index in [1.165, 1.54) is 0 Å². The number of fused-ring (bicyclic) bond motifs is 1. The molecule has 0 aromatic rings. The van der Waals surface area contributed by atoms with Crippen LogP contribution in [-0.4, -0.2) is 37.0 Å². The molecule has 4 nitrogen and oxygen atoms in total. The lowest BCUT2D eigenvalue weighted by Gasteiger charge is -2.13. The van der Waals surface area contributed by atoms with Crippen LogP contribution in [0.5, 0.6) is 0 Å². The first-order valence-corrected chi connectivity index (χ1v) is 4.58. The van der Waals surface area contributed by atoms with Gasteiger partial charge in [-0.1, -0.05) is 0 Å². The van der Waals surface area contributed by atoms with Crippen molar-refractivity contribution in [2.45, 2.75) is 31.3 Å². The second kappa shape index (κ2) is 3.36. The Labute approximate surface area is 76.8 Å². The zero-order valence-corrected chi connectivity index (χ0v) is 7.55. The zero-order chi connectivity index (χ0) is 9.42. The summed E-state index contributed by atoms with van der Waals surface area (Å²) in [6.45, 7) is 0. The second-order valence-electron chi connectivity index (χ2n) is 3.76. The Morgan fingerprint density at radius 2 is 2.31 bits per heavy atom. The molecule has 1 aliphatic heterocycles. The summed E-state index contributed by atoms with van der Waals surface area (Å²) in [5.74, 6) is -0.109. The zero-order valence-electron chi connectivity index (χ0n) is 7.55. The molecule has 0 spiro atoms. The van der Waals surface area contributed by atoms with Crippen LogP contribution < -0.4 is 0 Å². The molecule has 2 fully saturated rings. The molecule has 0 bridgehead atoms. The number of aldehydes is 1. The summed E-state index contributed by atoms with van der Waals surface area (Å²) in [7, 11) is 1.60. The Morgan fingerprint density at radius 1 is 1.54 bits per heavy atom. The van der Waals surface area contributed by atoms with Gasteiger partial charge in [0.05, 0.1) is 12.2 Å². The Bertz CT molecular complexity index is 206. The molecule has 4 heteroatoms. The second-order valence-corrected chi connectivity index (χ2v) is 3.76. The molecule has 1 aliphatic carbocycles. The summed E-state index contributed by atoms with van der Waals surface area (Å²) in [5.41, 5.74) is 0. The summed E-state index contributed by atoms with van der Waals surface area (Å²) in [4.78, 5) is 10.7. The minimum Gasteiger partial charge on any atom is -0.392 e. The van der Waals surface area contributed by atoms with Crippen molar-refractivity contribution in [1.29, 1.82) is 0 Å². The smallest absolute Gasteiger partial charge is 0.157 e. The van der Waals surface area contributed by atoms with E-state index >= 15 is 0 Å². The van der Waals surface area contributed by atoms with Crippen molar-refractivity contribution in [2.75, 3.05) is 7.11 Å². The molecule has 0 aromatic carbocycles. The van der Waals surface area contributed by atoms with Crippen molar-refractivity contribution in [3.8, 4) is 0 Å². The number of hydrogen-bond donors (Lipinski definition) is 1. The molecule has 0 amide bonds. The first kappa shape index (κ1) is 9.12. The predicted molar refractivity (Wildman–Crippen MR) is 44.0 cm³/mol. The van der Waals surface area contributed by atoms with Crippen molar-refractivity contribution in [3.63, 3.8) is 0 Å². The van der Waals surface area contributed by atoms with Crippen LogP contribution in [0.15, 0.2) is 0 Å². The molecule has 13 heavy (non-hydrogen) atoms. The standard InChI is InChI=1S/C9H14O4/c1-12-9-2-5-6(4-10)7(11)3-8(5)13-9/h4-9,11H,2-3H2,1H3/t5-,6+,7-,8+,9-/m0/s1. The van der Waals surface area contributed by atoms with E-state index in [2.05, 4.69) is 0 Å². The molecular formula is C9H14O4. The molecule has 0 aromatic heterocycles. The normalized spacial score (nSPS) is 49.2. The third-order valence-corrected chi connectivity index (χ3v) is 3.10. The maximum atomic E-state index is 10.7.